The van der Waals surface area contributed by atoms with Crippen LogP contribution in [-0.2, 0) is 0 Å². The second kappa shape index (κ2) is 3.84. The molecule has 0 aliphatic rings. The molecule has 6 heteroatoms. The molecule has 0 aromatic carbocycles. The van der Waals surface area contributed by atoms with Gasteiger partial charge in [0.2, 0.25) is 5.88 Å². The van der Waals surface area contributed by atoms with Gasteiger partial charge in [0.15, 0.2) is 0 Å². The number of aromatic nitrogens is 3. The van der Waals surface area contributed by atoms with Crippen molar-refractivity contribution in [3.05, 3.63) is 24.2 Å². The predicted molar refractivity (Wildman–Crippen MR) is 53.6 cm³/mol. The van der Waals surface area contributed by atoms with E-state index in [0.717, 1.165) is 11.1 Å². The van der Waals surface area contributed by atoms with Gasteiger partial charge in [-0.3, -0.25) is 0 Å². The summed E-state index contributed by atoms with van der Waals surface area (Å²) in [6, 6.07) is 1.40. The van der Waals surface area contributed by atoms with Gasteiger partial charge >= 0.3 is 0 Å². The van der Waals surface area contributed by atoms with E-state index in [2.05, 4.69) is 10.1 Å². The smallest absolute Gasteiger partial charge is 0.241 e. The Hall–Kier alpha value is -1.66. The van der Waals surface area contributed by atoms with Crippen LogP contribution in [0.4, 0.5) is 0 Å². The molecule has 0 amide bonds. The summed E-state index contributed by atoms with van der Waals surface area (Å²) in [4.78, 5) is 3.97. The molecule has 0 fully saturated rings. The van der Waals surface area contributed by atoms with E-state index < -0.39 is 6.04 Å². The van der Waals surface area contributed by atoms with Gasteiger partial charge in [0.25, 0.3) is 0 Å². The van der Waals surface area contributed by atoms with Crippen molar-refractivity contribution < 1.29 is 9.84 Å². The number of fused-ring (bicyclic) bond motifs is 1. The van der Waals surface area contributed by atoms with E-state index in [-0.39, 0.29) is 6.61 Å². The number of nitrogens with two attached hydrogens (primary N) is 1. The zero-order valence-electron chi connectivity index (χ0n) is 8.29. The standard InChI is InChI=1S/C9H12N4O2/c1-15-9-8-2-6(7(10)4-14)3-13(8)12-5-11-9/h2-3,5,7,14H,4,10H2,1H3. The molecule has 0 bridgehead atoms. The van der Waals surface area contributed by atoms with Gasteiger partial charge in [-0.15, -0.1) is 0 Å². The molecule has 0 saturated carbocycles. The first-order valence-corrected chi connectivity index (χ1v) is 4.50. The molecule has 2 rings (SSSR count). The maximum Gasteiger partial charge on any atom is 0.241 e. The highest BCUT2D eigenvalue weighted by atomic mass is 16.5. The van der Waals surface area contributed by atoms with Gasteiger partial charge in [0.05, 0.1) is 19.8 Å². The van der Waals surface area contributed by atoms with Gasteiger partial charge in [-0.25, -0.2) is 4.52 Å². The second-order valence-corrected chi connectivity index (χ2v) is 3.16. The van der Waals surface area contributed by atoms with Crippen molar-refractivity contribution in [2.24, 2.45) is 5.73 Å². The van der Waals surface area contributed by atoms with Crippen LogP contribution < -0.4 is 10.5 Å². The summed E-state index contributed by atoms with van der Waals surface area (Å²) in [6.45, 7) is -0.105. The van der Waals surface area contributed by atoms with Crippen LogP contribution in [0.25, 0.3) is 5.52 Å². The summed E-state index contributed by atoms with van der Waals surface area (Å²) in [5.41, 5.74) is 7.23. The normalized spacial score (nSPS) is 13.0. The molecular formula is C9H12N4O2. The summed E-state index contributed by atoms with van der Waals surface area (Å²) in [6.07, 6.45) is 3.15. The Bertz CT molecular complexity index is 468. The lowest BCUT2D eigenvalue weighted by molar-refractivity contribution is 0.268. The molecule has 2 aromatic rings. The first kappa shape index (κ1) is 9.88. The van der Waals surface area contributed by atoms with Crippen molar-refractivity contribution in [2.45, 2.75) is 6.04 Å². The number of hydrogen-bond acceptors (Lipinski definition) is 5. The summed E-state index contributed by atoms with van der Waals surface area (Å²) in [5.74, 6) is 0.487. The fourth-order valence-electron chi connectivity index (χ4n) is 1.39. The number of methoxy groups -OCH3 is 1. The van der Waals surface area contributed by atoms with Crippen LogP contribution in [0.1, 0.15) is 11.6 Å². The maximum absolute atomic E-state index is 8.94. The van der Waals surface area contributed by atoms with Crippen molar-refractivity contribution >= 4 is 5.52 Å². The van der Waals surface area contributed by atoms with Crippen LogP contribution in [0, 0.1) is 0 Å². The van der Waals surface area contributed by atoms with Crippen LogP contribution in [-0.4, -0.2) is 33.4 Å². The molecule has 2 aromatic heterocycles. The molecule has 80 valence electrons. The number of rotatable bonds is 3. The molecule has 0 saturated heterocycles. The Kier molecular flexibility index (Phi) is 2.53. The highest BCUT2D eigenvalue weighted by molar-refractivity contribution is 5.58. The van der Waals surface area contributed by atoms with Gasteiger partial charge in [0, 0.05) is 6.20 Å². The highest BCUT2D eigenvalue weighted by Crippen LogP contribution is 2.20. The molecule has 1 unspecified atom stereocenters. The van der Waals surface area contributed by atoms with Crippen LogP contribution in [0.3, 0.4) is 0 Å². The Morgan fingerprint density at radius 1 is 1.67 bits per heavy atom. The Labute approximate surface area is 86.3 Å². The maximum atomic E-state index is 8.94. The molecule has 15 heavy (non-hydrogen) atoms. The molecule has 3 N–H and O–H groups in total. The van der Waals surface area contributed by atoms with Gasteiger partial charge in [-0.1, -0.05) is 0 Å². The van der Waals surface area contributed by atoms with Gasteiger partial charge in [-0.2, -0.15) is 10.1 Å². The third-order valence-electron chi connectivity index (χ3n) is 2.21. The minimum Gasteiger partial charge on any atom is -0.479 e. The topological polar surface area (TPSA) is 85.7 Å². The number of aliphatic hydroxyl groups is 1. The molecule has 0 aliphatic carbocycles. The van der Waals surface area contributed by atoms with E-state index in [4.69, 9.17) is 15.6 Å². The molecule has 0 radical (unpaired) electrons. The predicted octanol–water partition coefficient (Wildman–Crippen LogP) is -0.270. The lowest BCUT2D eigenvalue weighted by Gasteiger charge is -2.02. The van der Waals surface area contributed by atoms with E-state index in [0.29, 0.717) is 5.88 Å². The van der Waals surface area contributed by atoms with E-state index in [1.54, 1.807) is 23.9 Å². The zero-order chi connectivity index (χ0) is 10.8. The SMILES string of the molecule is COc1ncnn2cc(C(N)CO)cc12. The lowest BCUT2D eigenvalue weighted by atomic mass is 10.2. The minimum atomic E-state index is -0.406. The molecule has 6 nitrogen and oxygen atoms in total. The number of hydrogen-bond donors (Lipinski definition) is 2. The van der Waals surface area contributed by atoms with E-state index in [1.165, 1.54) is 6.33 Å². The van der Waals surface area contributed by atoms with Gasteiger partial charge in [-0.05, 0) is 11.6 Å². The largest absolute Gasteiger partial charge is 0.479 e. The van der Waals surface area contributed by atoms with Crippen LogP contribution >= 0.6 is 0 Å². The summed E-state index contributed by atoms with van der Waals surface area (Å²) in [7, 11) is 1.54. The zero-order valence-corrected chi connectivity index (χ0v) is 8.29. The van der Waals surface area contributed by atoms with E-state index >= 15 is 0 Å². The van der Waals surface area contributed by atoms with Crippen LogP contribution in [0.2, 0.25) is 0 Å². The van der Waals surface area contributed by atoms with Crippen molar-refractivity contribution in [1.29, 1.82) is 0 Å². The average molecular weight is 208 g/mol. The molecule has 0 aliphatic heterocycles. The van der Waals surface area contributed by atoms with E-state index in [9.17, 15) is 0 Å². The first-order valence-electron chi connectivity index (χ1n) is 4.50. The van der Waals surface area contributed by atoms with E-state index in [1.807, 2.05) is 0 Å². The number of ether oxygens (including phenoxy) is 1. The third-order valence-corrected chi connectivity index (χ3v) is 2.21. The third kappa shape index (κ3) is 1.64. The van der Waals surface area contributed by atoms with Gasteiger partial charge < -0.3 is 15.6 Å². The Balaban J connectivity index is 2.55. The Morgan fingerprint density at radius 2 is 2.47 bits per heavy atom. The fraction of sp³-hybridized carbons (Fsp3) is 0.333. The molecule has 1 atom stereocenters. The fourth-order valence-corrected chi connectivity index (χ4v) is 1.39. The molecule has 0 spiro atoms. The average Bonchev–Trinajstić information content (AvgIpc) is 2.71. The van der Waals surface area contributed by atoms with Crippen LogP contribution in [0.15, 0.2) is 18.6 Å². The Morgan fingerprint density at radius 3 is 3.13 bits per heavy atom. The van der Waals surface area contributed by atoms with Crippen molar-refractivity contribution in [3.63, 3.8) is 0 Å². The van der Waals surface area contributed by atoms with Crippen molar-refractivity contribution in [3.8, 4) is 5.88 Å². The van der Waals surface area contributed by atoms with Crippen molar-refractivity contribution in [1.82, 2.24) is 14.6 Å². The number of nitrogens with zero attached hydrogens (tertiary/aromatic N) is 3. The first-order chi connectivity index (χ1) is 7.26. The molecule has 2 heterocycles. The molecular weight excluding hydrogens is 196 g/mol. The van der Waals surface area contributed by atoms with Gasteiger partial charge in [0.1, 0.15) is 11.8 Å². The van der Waals surface area contributed by atoms with Crippen molar-refractivity contribution in [2.75, 3.05) is 13.7 Å². The number of aliphatic hydroxyl groups excluding tert-OH is 1. The summed E-state index contributed by atoms with van der Waals surface area (Å²) >= 11 is 0. The minimum absolute atomic E-state index is 0.105. The second-order valence-electron chi connectivity index (χ2n) is 3.16. The monoisotopic (exact) mass is 208 g/mol. The lowest BCUT2D eigenvalue weighted by Crippen LogP contribution is -2.13. The van der Waals surface area contributed by atoms with Crippen LogP contribution in [0.5, 0.6) is 5.88 Å². The quantitative estimate of drug-likeness (QED) is 0.725. The summed E-state index contributed by atoms with van der Waals surface area (Å²) in [5, 5.41) is 13.0. The highest BCUT2D eigenvalue weighted by Gasteiger charge is 2.11. The summed E-state index contributed by atoms with van der Waals surface area (Å²) < 4.78 is 6.70.